The van der Waals surface area contributed by atoms with Gasteiger partial charge in [-0.3, -0.25) is 4.90 Å². The fraction of sp³-hybridized carbons (Fsp3) is 1.00. The summed E-state index contributed by atoms with van der Waals surface area (Å²) < 4.78 is 5.90. The molecule has 3 aliphatic rings. The monoisotopic (exact) mass is 294 g/mol. The fourth-order valence-corrected chi connectivity index (χ4v) is 4.62. The Balaban J connectivity index is 1.60. The van der Waals surface area contributed by atoms with Gasteiger partial charge in [0.25, 0.3) is 0 Å². The van der Waals surface area contributed by atoms with Gasteiger partial charge in [0.15, 0.2) is 0 Å². The summed E-state index contributed by atoms with van der Waals surface area (Å²) in [5, 5.41) is 3.89. The van der Waals surface area contributed by atoms with Gasteiger partial charge in [-0.2, -0.15) is 0 Å². The van der Waals surface area contributed by atoms with Crippen molar-refractivity contribution >= 4 is 0 Å². The lowest BCUT2D eigenvalue weighted by Crippen LogP contribution is -2.61. The van der Waals surface area contributed by atoms with Crippen LogP contribution in [-0.2, 0) is 4.74 Å². The van der Waals surface area contributed by atoms with Crippen LogP contribution in [0.4, 0.5) is 0 Å². The fourth-order valence-electron chi connectivity index (χ4n) is 4.62. The first-order chi connectivity index (χ1) is 10.2. The molecule has 0 radical (unpaired) electrons. The van der Waals surface area contributed by atoms with E-state index in [1.807, 2.05) is 0 Å². The normalized spacial score (nSPS) is 36.4. The molecule has 2 aliphatic heterocycles. The highest BCUT2D eigenvalue weighted by Crippen LogP contribution is 2.30. The van der Waals surface area contributed by atoms with Gasteiger partial charge in [-0.25, -0.2) is 0 Å². The molecule has 0 aromatic rings. The van der Waals surface area contributed by atoms with Crippen LogP contribution < -0.4 is 5.32 Å². The van der Waals surface area contributed by atoms with E-state index in [0.717, 1.165) is 31.0 Å². The molecule has 0 aromatic heterocycles. The summed E-state index contributed by atoms with van der Waals surface area (Å²) in [6, 6.07) is 1.41. The maximum atomic E-state index is 5.90. The number of piperazine rings is 1. The summed E-state index contributed by atoms with van der Waals surface area (Å²) in [4.78, 5) is 2.76. The van der Waals surface area contributed by atoms with E-state index >= 15 is 0 Å². The lowest BCUT2D eigenvalue weighted by atomic mass is 9.82. The largest absolute Gasteiger partial charge is 0.377 e. The Labute approximate surface area is 130 Å². The van der Waals surface area contributed by atoms with Crippen LogP contribution in [0.5, 0.6) is 0 Å². The number of nitrogens with zero attached hydrogens (tertiary/aromatic N) is 1. The predicted molar refractivity (Wildman–Crippen MR) is 87.5 cm³/mol. The average molecular weight is 294 g/mol. The predicted octanol–water partition coefficient (Wildman–Crippen LogP) is 3.04. The van der Waals surface area contributed by atoms with E-state index in [1.165, 1.54) is 58.0 Å². The Morgan fingerprint density at radius 1 is 1.10 bits per heavy atom. The second-order valence-corrected chi connectivity index (χ2v) is 7.81. The first-order valence-corrected chi connectivity index (χ1v) is 9.33. The summed E-state index contributed by atoms with van der Waals surface area (Å²) in [6.45, 7) is 9.30. The van der Waals surface area contributed by atoms with Gasteiger partial charge in [0.05, 0.1) is 6.10 Å². The van der Waals surface area contributed by atoms with Crippen LogP contribution >= 0.6 is 0 Å². The molecule has 3 rings (SSSR count). The summed E-state index contributed by atoms with van der Waals surface area (Å²) in [5.41, 5.74) is 0. The Bertz CT molecular complexity index is 308. The van der Waals surface area contributed by atoms with Crippen molar-refractivity contribution in [2.24, 2.45) is 11.8 Å². The molecule has 3 atom stereocenters. The van der Waals surface area contributed by atoms with Gasteiger partial charge in [-0.15, -0.1) is 0 Å². The highest BCUT2D eigenvalue weighted by molar-refractivity contribution is 4.92. The molecule has 1 aliphatic carbocycles. The zero-order chi connectivity index (χ0) is 14.7. The topological polar surface area (TPSA) is 24.5 Å². The maximum Gasteiger partial charge on any atom is 0.0702 e. The van der Waals surface area contributed by atoms with E-state index in [0.29, 0.717) is 12.1 Å². The summed E-state index contributed by atoms with van der Waals surface area (Å²) in [7, 11) is 0. The molecule has 2 saturated heterocycles. The van der Waals surface area contributed by atoms with Gasteiger partial charge in [-0.05, 0) is 37.5 Å². The molecule has 3 unspecified atom stereocenters. The summed E-state index contributed by atoms with van der Waals surface area (Å²) in [6.07, 6.45) is 10.3. The van der Waals surface area contributed by atoms with Gasteiger partial charge in [0, 0.05) is 38.3 Å². The molecule has 122 valence electrons. The minimum absolute atomic E-state index is 0.497. The molecule has 1 N–H and O–H groups in total. The third-order valence-corrected chi connectivity index (χ3v) is 5.94. The van der Waals surface area contributed by atoms with Crippen LogP contribution in [0.15, 0.2) is 0 Å². The smallest absolute Gasteiger partial charge is 0.0702 e. The van der Waals surface area contributed by atoms with Crippen LogP contribution in [0.3, 0.4) is 0 Å². The maximum absolute atomic E-state index is 5.90. The van der Waals surface area contributed by atoms with Crippen molar-refractivity contribution in [1.29, 1.82) is 0 Å². The molecule has 3 fully saturated rings. The van der Waals surface area contributed by atoms with Crippen LogP contribution in [0.25, 0.3) is 0 Å². The molecule has 3 nitrogen and oxygen atoms in total. The molecular weight excluding hydrogens is 260 g/mol. The third-order valence-electron chi connectivity index (χ3n) is 5.94. The first-order valence-electron chi connectivity index (χ1n) is 9.33. The highest BCUT2D eigenvalue weighted by Gasteiger charge is 2.35. The van der Waals surface area contributed by atoms with E-state index in [9.17, 15) is 0 Å². The molecule has 3 heteroatoms. The molecular formula is C18H34N2O. The van der Waals surface area contributed by atoms with Gasteiger partial charge >= 0.3 is 0 Å². The van der Waals surface area contributed by atoms with Crippen molar-refractivity contribution < 1.29 is 4.74 Å². The van der Waals surface area contributed by atoms with E-state index in [4.69, 9.17) is 4.74 Å². The molecule has 0 bridgehead atoms. The lowest BCUT2D eigenvalue weighted by molar-refractivity contribution is 0.0169. The second kappa shape index (κ2) is 7.43. The van der Waals surface area contributed by atoms with E-state index < -0.39 is 0 Å². The number of ether oxygens (including phenoxy) is 1. The molecule has 0 aromatic carbocycles. The number of nitrogens with one attached hydrogen (secondary N) is 1. The van der Waals surface area contributed by atoms with Gasteiger partial charge < -0.3 is 10.1 Å². The van der Waals surface area contributed by atoms with E-state index in [1.54, 1.807) is 0 Å². The van der Waals surface area contributed by atoms with Crippen LogP contribution in [0.2, 0.25) is 0 Å². The van der Waals surface area contributed by atoms with Crippen molar-refractivity contribution in [2.75, 3.05) is 26.2 Å². The molecule has 2 heterocycles. The zero-order valence-electron chi connectivity index (χ0n) is 14.0. The molecule has 0 amide bonds. The van der Waals surface area contributed by atoms with Gasteiger partial charge in [0.2, 0.25) is 0 Å². The van der Waals surface area contributed by atoms with Crippen molar-refractivity contribution in [3.8, 4) is 0 Å². The highest BCUT2D eigenvalue weighted by atomic mass is 16.5. The van der Waals surface area contributed by atoms with Crippen molar-refractivity contribution in [3.05, 3.63) is 0 Å². The molecule has 21 heavy (non-hydrogen) atoms. The third kappa shape index (κ3) is 4.00. The van der Waals surface area contributed by atoms with E-state index in [2.05, 4.69) is 24.1 Å². The van der Waals surface area contributed by atoms with Gasteiger partial charge in [0.1, 0.15) is 0 Å². The van der Waals surface area contributed by atoms with Crippen molar-refractivity contribution in [1.82, 2.24) is 10.2 Å². The number of hydrogen-bond donors (Lipinski definition) is 1. The SMILES string of the molecule is CC(C)C1CNC(C2CCCCC2)CN1CC1CCCO1. The molecule has 0 spiro atoms. The Morgan fingerprint density at radius 2 is 1.90 bits per heavy atom. The minimum atomic E-state index is 0.497. The van der Waals surface area contributed by atoms with Crippen molar-refractivity contribution in [2.45, 2.75) is 77.0 Å². The van der Waals surface area contributed by atoms with Crippen LogP contribution in [-0.4, -0.2) is 49.3 Å². The Morgan fingerprint density at radius 3 is 2.57 bits per heavy atom. The lowest BCUT2D eigenvalue weighted by Gasteiger charge is -2.46. The summed E-state index contributed by atoms with van der Waals surface area (Å²) >= 11 is 0. The Kier molecular flexibility index (Phi) is 5.58. The second-order valence-electron chi connectivity index (χ2n) is 7.81. The van der Waals surface area contributed by atoms with E-state index in [-0.39, 0.29) is 0 Å². The quantitative estimate of drug-likeness (QED) is 0.862. The summed E-state index contributed by atoms with van der Waals surface area (Å²) in [5.74, 6) is 1.64. The van der Waals surface area contributed by atoms with Crippen LogP contribution in [0, 0.1) is 11.8 Å². The minimum Gasteiger partial charge on any atom is -0.377 e. The molecule has 1 saturated carbocycles. The Hall–Kier alpha value is -0.120. The standard InChI is InChI=1S/C18H34N2O/c1-14(2)18-11-19-17(15-7-4-3-5-8-15)13-20(18)12-16-9-6-10-21-16/h14-19H,3-13H2,1-2H3. The average Bonchev–Trinajstić information content (AvgIpc) is 3.01. The zero-order valence-corrected chi connectivity index (χ0v) is 14.0. The number of rotatable bonds is 4. The van der Waals surface area contributed by atoms with Crippen molar-refractivity contribution in [3.63, 3.8) is 0 Å². The van der Waals surface area contributed by atoms with Gasteiger partial charge in [-0.1, -0.05) is 33.1 Å². The number of hydrogen-bond acceptors (Lipinski definition) is 3. The van der Waals surface area contributed by atoms with Crippen LogP contribution in [0.1, 0.15) is 58.8 Å². The first kappa shape index (κ1) is 15.8.